The molecule has 0 amide bonds. The van der Waals surface area contributed by atoms with Crippen molar-refractivity contribution in [3.8, 4) is 0 Å². The average molecular weight is 404 g/mol. The predicted octanol–water partition coefficient (Wildman–Crippen LogP) is 3.96. The van der Waals surface area contributed by atoms with E-state index in [1.54, 1.807) is 12.1 Å². The van der Waals surface area contributed by atoms with Crippen LogP contribution in [-0.2, 0) is 14.3 Å². The van der Waals surface area contributed by atoms with Gasteiger partial charge in [0.1, 0.15) is 0 Å². The normalized spacial score (nSPS) is 10.2. The van der Waals surface area contributed by atoms with E-state index in [0.717, 1.165) is 16.4 Å². The van der Waals surface area contributed by atoms with Gasteiger partial charge < -0.3 is 9.47 Å². The number of unbranched alkanes of at least 4 members (excludes halogenated alkanes) is 2. The molecule has 0 heterocycles. The molecule has 1 aromatic carbocycles. The van der Waals surface area contributed by atoms with E-state index in [1.807, 2.05) is 12.1 Å². The Labute approximate surface area is 139 Å². The Kier molecular flexibility index (Phi) is 9.05. The molecule has 1 aromatic rings. The van der Waals surface area contributed by atoms with E-state index in [9.17, 15) is 9.59 Å². The average Bonchev–Trinajstić information content (AvgIpc) is 2.47. The predicted molar refractivity (Wildman–Crippen MR) is 89.2 cm³/mol. The summed E-state index contributed by atoms with van der Waals surface area (Å²) < 4.78 is 11.3. The van der Waals surface area contributed by atoms with Crippen LogP contribution in [0.5, 0.6) is 0 Å². The van der Waals surface area contributed by atoms with Crippen LogP contribution in [0.3, 0.4) is 0 Å². The number of rotatable bonds is 9. The number of ether oxygens (including phenoxy) is 2. The number of esters is 2. The van der Waals surface area contributed by atoms with Crippen LogP contribution in [0.2, 0.25) is 0 Å². The molecule has 4 nitrogen and oxygen atoms in total. The molecule has 0 bridgehead atoms. The zero-order valence-electron chi connectivity index (χ0n) is 12.3. The van der Waals surface area contributed by atoms with E-state index in [4.69, 9.17) is 9.47 Å². The number of benzene rings is 1. The van der Waals surface area contributed by atoms with Crippen molar-refractivity contribution in [1.82, 2.24) is 0 Å². The third kappa shape index (κ3) is 8.04. The standard InChI is InChI=1S/C16H21IO4/c1-2-3-11-20-15(18)6-4-5-12-21-16(19)13-7-9-14(17)10-8-13/h7-10H,2-6,11-12H2,1H3. The van der Waals surface area contributed by atoms with Crippen molar-refractivity contribution in [3.63, 3.8) is 0 Å². The van der Waals surface area contributed by atoms with Crippen LogP contribution in [0.1, 0.15) is 49.4 Å². The van der Waals surface area contributed by atoms with Gasteiger partial charge in [0.2, 0.25) is 0 Å². The molecule has 0 aromatic heterocycles. The Morgan fingerprint density at radius 2 is 1.67 bits per heavy atom. The lowest BCUT2D eigenvalue weighted by molar-refractivity contribution is -0.143. The first kappa shape index (κ1) is 17.9. The summed E-state index contributed by atoms with van der Waals surface area (Å²) in [6, 6.07) is 7.22. The Hall–Kier alpha value is -1.11. The van der Waals surface area contributed by atoms with Crippen LogP contribution >= 0.6 is 22.6 Å². The third-order valence-electron chi connectivity index (χ3n) is 2.85. The molecule has 0 N–H and O–H groups in total. The summed E-state index contributed by atoms with van der Waals surface area (Å²) in [6.45, 7) is 2.88. The maximum atomic E-state index is 11.7. The summed E-state index contributed by atoms with van der Waals surface area (Å²) in [6.07, 6.45) is 3.63. The van der Waals surface area contributed by atoms with E-state index in [0.29, 0.717) is 38.0 Å². The summed E-state index contributed by atoms with van der Waals surface area (Å²) in [7, 11) is 0. The maximum absolute atomic E-state index is 11.7. The minimum absolute atomic E-state index is 0.174. The molecular weight excluding hydrogens is 383 g/mol. The van der Waals surface area contributed by atoms with Gasteiger partial charge in [-0.25, -0.2) is 4.79 Å². The number of halogens is 1. The Morgan fingerprint density at radius 3 is 2.33 bits per heavy atom. The van der Waals surface area contributed by atoms with Gasteiger partial charge in [-0.15, -0.1) is 0 Å². The second kappa shape index (κ2) is 10.6. The molecule has 0 unspecified atom stereocenters. The molecule has 0 aliphatic carbocycles. The van der Waals surface area contributed by atoms with Crippen molar-refractivity contribution in [1.29, 1.82) is 0 Å². The maximum Gasteiger partial charge on any atom is 0.338 e. The Morgan fingerprint density at radius 1 is 1.00 bits per heavy atom. The number of hydrogen-bond donors (Lipinski definition) is 0. The minimum atomic E-state index is -0.322. The first-order chi connectivity index (χ1) is 10.1. The molecule has 116 valence electrons. The van der Waals surface area contributed by atoms with Crippen LogP contribution in [0, 0.1) is 3.57 Å². The molecule has 0 atom stereocenters. The molecule has 0 aliphatic rings. The number of hydrogen-bond acceptors (Lipinski definition) is 4. The topological polar surface area (TPSA) is 52.6 Å². The van der Waals surface area contributed by atoms with Gasteiger partial charge in [0, 0.05) is 9.99 Å². The van der Waals surface area contributed by atoms with Gasteiger partial charge in [0.15, 0.2) is 0 Å². The second-order valence-electron chi connectivity index (χ2n) is 4.67. The molecule has 0 spiro atoms. The van der Waals surface area contributed by atoms with Crippen molar-refractivity contribution < 1.29 is 19.1 Å². The summed E-state index contributed by atoms with van der Waals surface area (Å²) in [5, 5.41) is 0. The van der Waals surface area contributed by atoms with E-state index >= 15 is 0 Å². The van der Waals surface area contributed by atoms with E-state index in [2.05, 4.69) is 29.5 Å². The molecule has 21 heavy (non-hydrogen) atoms. The van der Waals surface area contributed by atoms with Gasteiger partial charge in [-0.1, -0.05) is 13.3 Å². The molecule has 5 heteroatoms. The molecule has 0 aliphatic heterocycles. The lowest BCUT2D eigenvalue weighted by Gasteiger charge is -2.05. The minimum Gasteiger partial charge on any atom is -0.466 e. The fourth-order valence-electron chi connectivity index (χ4n) is 1.61. The highest BCUT2D eigenvalue weighted by molar-refractivity contribution is 14.1. The van der Waals surface area contributed by atoms with Crippen molar-refractivity contribution in [3.05, 3.63) is 33.4 Å². The zero-order valence-corrected chi connectivity index (χ0v) is 14.4. The number of carbonyl (C=O) groups excluding carboxylic acids is 2. The molecular formula is C16H21IO4. The highest BCUT2D eigenvalue weighted by Crippen LogP contribution is 2.08. The zero-order chi connectivity index (χ0) is 15.5. The fourth-order valence-corrected chi connectivity index (χ4v) is 1.97. The van der Waals surface area contributed by atoms with Crippen LogP contribution < -0.4 is 0 Å². The van der Waals surface area contributed by atoms with Gasteiger partial charge in [0.25, 0.3) is 0 Å². The Bertz CT molecular complexity index is 442. The fraction of sp³-hybridized carbons (Fsp3) is 0.500. The molecule has 1 rings (SSSR count). The van der Waals surface area contributed by atoms with E-state index in [-0.39, 0.29) is 11.9 Å². The lowest BCUT2D eigenvalue weighted by Crippen LogP contribution is -2.08. The first-order valence-corrected chi connectivity index (χ1v) is 8.29. The van der Waals surface area contributed by atoms with Gasteiger partial charge in [-0.05, 0) is 66.1 Å². The Balaban J connectivity index is 2.10. The number of carbonyl (C=O) groups is 2. The van der Waals surface area contributed by atoms with Gasteiger partial charge >= 0.3 is 11.9 Å². The quantitative estimate of drug-likeness (QED) is 0.355. The molecule has 0 saturated carbocycles. The van der Waals surface area contributed by atoms with Gasteiger partial charge in [-0.2, -0.15) is 0 Å². The van der Waals surface area contributed by atoms with Crippen molar-refractivity contribution in [2.45, 2.75) is 39.0 Å². The van der Waals surface area contributed by atoms with Gasteiger partial charge in [0.05, 0.1) is 18.8 Å². The lowest BCUT2D eigenvalue weighted by atomic mass is 10.2. The van der Waals surface area contributed by atoms with Crippen molar-refractivity contribution >= 4 is 34.5 Å². The van der Waals surface area contributed by atoms with E-state index in [1.165, 1.54) is 0 Å². The van der Waals surface area contributed by atoms with Crippen molar-refractivity contribution in [2.75, 3.05) is 13.2 Å². The highest BCUT2D eigenvalue weighted by Gasteiger charge is 2.07. The smallest absolute Gasteiger partial charge is 0.338 e. The van der Waals surface area contributed by atoms with Crippen LogP contribution in [0.15, 0.2) is 24.3 Å². The summed E-state index contributed by atoms with van der Waals surface area (Å²) in [5.74, 6) is -0.496. The second-order valence-corrected chi connectivity index (χ2v) is 5.92. The van der Waals surface area contributed by atoms with E-state index < -0.39 is 0 Å². The molecule has 0 fully saturated rings. The first-order valence-electron chi connectivity index (χ1n) is 7.21. The molecule has 0 saturated heterocycles. The SMILES string of the molecule is CCCCOC(=O)CCCCOC(=O)c1ccc(I)cc1. The van der Waals surface area contributed by atoms with Crippen molar-refractivity contribution in [2.24, 2.45) is 0 Å². The highest BCUT2D eigenvalue weighted by atomic mass is 127. The largest absolute Gasteiger partial charge is 0.466 e. The summed E-state index contributed by atoms with van der Waals surface area (Å²) in [4.78, 5) is 23.0. The summed E-state index contributed by atoms with van der Waals surface area (Å²) >= 11 is 2.18. The van der Waals surface area contributed by atoms with Crippen LogP contribution in [-0.4, -0.2) is 25.2 Å². The molecule has 0 radical (unpaired) electrons. The summed E-state index contributed by atoms with van der Waals surface area (Å²) in [5.41, 5.74) is 0.550. The third-order valence-corrected chi connectivity index (χ3v) is 3.57. The van der Waals surface area contributed by atoms with Gasteiger partial charge in [-0.3, -0.25) is 4.79 Å². The monoisotopic (exact) mass is 404 g/mol. The van der Waals surface area contributed by atoms with Crippen LogP contribution in [0.25, 0.3) is 0 Å². The van der Waals surface area contributed by atoms with Crippen LogP contribution in [0.4, 0.5) is 0 Å².